The van der Waals surface area contributed by atoms with Gasteiger partial charge in [-0.1, -0.05) is 0 Å². The Morgan fingerprint density at radius 1 is 1.47 bits per heavy atom. The Morgan fingerprint density at radius 3 is 2.68 bits per heavy atom. The number of nitrogens with one attached hydrogen (secondary N) is 1. The molecule has 0 aliphatic heterocycles. The number of aldehydes is 1. The van der Waals surface area contributed by atoms with E-state index in [-0.39, 0.29) is 0 Å². The van der Waals surface area contributed by atoms with E-state index in [0.29, 0.717) is 17.7 Å². The highest BCUT2D eigenvalue weighted by Gasteiger charge is 2.20. The summed E-state index contributed by atoms with van der Waals surface area (Å²) in [5, 5.41) is 2.48. The number of hydrogen-bond donors (Lipinski definition) is 1. The van der Waals surface area contributed by atoms with Crippen LogP contribution in [-0.4, -0.2) is 30.1 Å². The third-order valence-corrected chi connectivity index (χ3v) is 2.14. The SMILES string of the molecule is COc1cc(C(C=O)NC(=O)OC(C)(C)C)ccn1. The van der Waals surface area contributed by atoms with Gasteiger partial charge in [-0.25, -0.2) is 9.78 Å². The number of ether oxygens (including phenoxy) is 2. The van der Waals surface area contributed by atoms with Crippen molar-refractivity contribution >= 4 is 12.4 Å². The molecular formula is C13H18N2O4. The molecule has 104 valence electrons. The van der Waals surface area contributed by atoms with E-state index in [1.54, 1.807) is 32.9 Å². The summed E-state index contributed by atoms with van der Waals surface area (Å²) in [6, 6.07) is 2.40. The minimum atomic E-state index is -0.799. The normalized spacial score (nSPS) is 12.4. The van der Waals surface area contributed by atoms with Gasteiger partial charge in [0, 0.05) is 12.3 Å². The van der Waals surface area contributed by atoms with Gasteiger partial charge >= 0.3 is 6.09 Å². The number of carbonyl (C=O) groups excluding carboxylic acids is 2. The number of rotatable bonds is 4. The maximum absolute atomic E-state index is 11.6. The largest absolute Gasteiger partial charge is 0.481 e. The fourth-order valence-corrected chi connectivity index (χ4v) is 1.36. The molecule has 1 unspecified atom stereocenters. The van der Waals surface area contributed by atoms with E-state index in [1.807, 2.05) is 0 Å². The lowest BCUT2D eigenvalue weighted by Crippen LogP contribution is -2.35. The second kappa shape index (κ2) is 6.17. The minimum absolute atomic E-state index is 0.371. The molecule has 0 fully saturated rings. The Balaban J connectivity index is 2.77. The van der Waals surface area contributed by atoms with Crippen LogP contribution in [0.2, 0.25) is 0 Å². The summed E-state index contributed by atoms with van der Waals surface area (Å²) in [5.74, 6) is 0.371. The van der Waals surface area contributed by atoms with Crippen LogP contribution in [0.3, 0.4) is 0 Å². The molecule has 1 rings (SSSR count). The predicted octanol–water partition coefficient (Wildman–Crippen LogP) is 1.85. The van der Waals surface area contributed by atoms with Crippen LogP contribution in [0.5, 0.6) is 5.88 Å². The van der Waals surface area contributed by atoms with Gasteiger partial charge in [-0.05, 0) is 32.4 Å². The van der Waals surface area contributed by atoms with Crippen LogP contribution < -0.4 is 10.1 Å². The van der Waals surface area contributed by atoms with E-state index in [4.69, 9.17) is 9.47 Å². The molecule has 19 heavy (non-hydrogen) atoms. The van der Waals surface area contributed by atoms with Gasteiger partial charge in [-0.15, -0.1) is 0 Å². The van der Waals surface area contributed by atoms with Crippen molar-refractivity contribution < 1.29 is 19.1 Å². The van der Waals surface area contributed by atoms with Crippen LogP contribution >= 0.6 is 0 Å². The van der Waals surface area contributed by atoms with Crippen LogP contribution in [-0.2, 0) is 9.53 Å². The van der Waals surface area contributed by atoms with Crippen LogP contribution in [0.1, 0.15) is 32.4 Å². The molecule has 0 saturated carbocycles. The average Bonchev–Trinajstić information content (AvgIpc) is 2.34. The molecule has 1 aromatic rings. The molecule has 0 aliphatic carbocycles. The van der Waals surface area contributed by atoms with Crippen molar-refractivity contribution in [3.8, 4) is 5.88 Å². The first-order valence-corrected chi connectivity index (χ1v) is 5.80. The summed E-state index contributed by atoms with van der Waals surface area (Å²) in [7, 11) is 1.48. The average molecular weight is 266 g/mol. The number of amides is 1. The second-order valence-electron chi connectivity index (χ2n) is 4.89. The van der Waals surface area contributed by atoms with Crippen LogP contribution in [0, 0.1) is 0 Å². The quantitative estimate of drug-likeness (QED) is 0.841. The molecule has 0 saturated heterocycles. The van der Waals surface area contributed by atoms with Gasteiger partial charge in [0.05, 0.1) is 7.11 Å². The third kappa shape index (κ3) is 4.95. The van der Waals surface area contributed by atoms with Crippen molar-refractivity contribution in [1.29, 1.82) is 0 Å². The molecule has 1 heterocycles. The maximum atomic E-state index is 11.6. The van der Waals surface area contributed by atoms with Crippen molar-refractivity contribution in [3.05, 3.63) is 23.9 Å². The molecule has 1 aromatic heterocycles. The van der Waals surface area contributed by atoms with Gasteiger partial charge in [0.25, 0.3) is 0 Å². The van der Waals surface area contributed by atoms with Gasteiger partial charge in [-0.3, -0.25) is 0 Å². The van der Waals surface area contributed by atoms with Gasteiger partial charge in [-0.2, -0.15) is 0 Å². The summed E-state index contributed by atoms with van der Waals surface area (Å²) in [4.78, 5) is 26.6. The topological polar surface area (TPSA) is 77.5 Å². The Morgan fingerprint density at radius 2 is 2.16 bits per heavy atom. The molecular weight excluding hydrogens is 248 g/mol. The Kier molecular flexibility index (Phi) is 4.86. The zero-order chi connectivity index (χ0) is 14.5. The Hall–Kier alpha value is -2.11. The molecule has 6 heteroatoms. The van der Waals surface area contributed by atoms with Crippen molar-refractivity contribution in [2.24, 2.45) is 0 Å². The van der Waals surface area contributed by atoms with E-state index in [0.717, 1.165) is 0 Å². The minimum Gasteiger partial charge on any atom is -0.481 e. The number of hydrogen-bond acceptors (Lipinski definition) is 5. The summed E-state index contributed by atoms with van der Waals surface area (Å²) >= 11 is 0. The van der Waals surface area contributed by atoms with Gasteiger partial charge in [0.15, 0.2) is 0 Å². The molecule has 0 radical (unpaired) electrons. The highest BCUT2D eigenvalue weighted by Crippen LogP contribution is 2.16. The monoisotopic (exact) mass is 266 g/mol. The number of aromatic nitrogens is 1. The Bertz CT molecular complexity index is 454. The lowest BCUT2D eigenvalue weighted by Gasteiger charge is -2.21. The molecule has 0 aromatic carbocycles. The van der Waals surface area contributed by atoms with Gasteiger partial charge in [0.2, 0.25) is 5.88 Å². The summed E-state index contributed by atoms with van der Waals surface area (Å²) in [6.07, 6.45) is 1.47. The van der Waals surface area contributed by atoms with Crippen LogP contribution in [0.15, 0.2) is 18.3 Å². The van der Waals surface area contributed by atoms with Crippen molar-refractivity contribution in [3.63, 3.8) is 0 Å². The molecule has 1 amide bonds. The van der Waals surface area contributed by atoms with E-state index < -0.39 is 17.7 Å². The Labute approximate surface area is 112 Å². The van der Waals surface area contributed by atoms with Crippen LogP contribution in [0.4, 0.5) is 4.79 Å². The summed E-state index contributed by atoms with van der Waals surface area (Å²) < 4.78 is 10.1. The molecule has 6 nitrogen and oxygen atoms in total. The fraction of sp³-hybridized carbons (Fsp3) is 0.462. The molecule has 1 atom stereocenters. The smallest absolute Gasteiger partial charge is 0.408 e. The highest BCUT2D eigenvalue weighted by atomic mass is 16.6. The molecule has 1 N–H and O–H groups in total. The first-order chi connectivity index (χ1) is 8.85. The first kappa shape index (κ1) is 14.9. The van der Waals surface area contributed by atoms with E-state index in [2.05, 4.69) is 10.3 Å². The molecule has 0 aliphatic rings. The predicted molar refractivity (Wildman–Crippen MR) is 69.0 cm³/mol. The number of carbonyl (C=O) groups is 2. The standard InChI is InChI=1S/C13H18N2O4/c1-13(2,3)19-12(17)15-10(8-16)9-5-6-14-11(7-9)18-4/h5-8,10H,1-4H3,(H,15,17). The maximum Gasteiger partial charge on any atom is 0.408 e. The molecule has 0 spiro atoms. The van der Waals surface area contributed by atoms with Crippen molar-refractivity contribution in [1.82, 2.24) is 10.3 Å². The van der Waals surface area contributed by atoms with Gasteiger partial charge in [0.1, 0.15) is 17.9 Å². The fourth-order valence-electron chi connectivity index (χ4n) is 1.36. The van der Waals surface area contributed by atoms with Crippen LogP contribution in [0.25, 0.3) is 0 Å². The highest BCUT2D eigenvalue weighted by molar-refractivity contribution is 5.74. The lowest BCUT2D eigenvalue weighted by molar-refractivity contribution is -0.109. The van der Waals surface area contributed by atoms with Gasteiger partial charge < -0.3 is 19.6 Å². The first-order valence-electron chi connectivity index (χ1n) is 5.80. The summed E-state index contributed by atoms with van der Waals surface area (Å²) in [6.45, 7) is 5.24. The molecule has 0 bridgehead atoms. The number of alkyl carbamates (subject to hydrolysis) is 1. The van der Waals surface area contributed by atoms with E-state index in [9.17, 15) is 9.59 Å². The van der Waals surface area contributed by atoms with E-state index in [1.165, 1.54) is 13.3 Å². The number of pyridine rings is 1. The van der Waals surface area contributed by atoms with Crippen molar-refractivity contribution in [2.45, 2.75) is 32.4 Å². The zero-order valence-electron chi connectivity index (χ0n) is 11.5. The number of nitrogens with zero attached hydrogens (tertiary/aromatic N) is 1. The lowest BCUT2D eigenvalue weighted by atomic mass is 10.1. The number of methoxy groups -OCH3 is 1. The van der Waals surface area contributed by atoms with E-state index >= 15 is 0 Å². The second-order valence-corrected chi connectivity index (χ2v) is 4.89. The summed E-state index contributed by atoms with van der Waals surface area (Å²) in [5.41, 5.74) is -0.0410. The third-order valence-electron chi connectivity index (χ3n) is 2.14. The van der Waals surface area contributed by atoms with Crippen molar-refractivity contribution in [2.75, 3.05) is 7.11 Å². The zero-order valence-corrected chi connectivity index (χ0v) is 11.5.